The number of carbonyl (C=O) groups is 3. The number of nitro groups is 1. The molecular formula is C22H24N2O7. The van der Waals surface area contributed by atoms with Gasteiger partial charge in [-0.3, -0.25) is 14.9 Å². The number of nitrogens with zero attached hydrogens (tertiary/aromatic N) is 1. The minimum absolute atomic E-state index is 0.0661. The number of esters is 2. The van der Waals surface area contributed by atoms with Gasteiger partial charge in [0.15, 0.2) is 6.10 Å². The van der Waals surface area contributed by atoms with Gasteiger partial charge in [0.05, 0.1) is 22.7 Å². The third-order valence-corrected chi connectivity index (χ3v) is 4.37. The summed E-state index contributed by atoms with van der Waals surface area (Å²) < 4.78 is 9.96. The summed E-state index contributed by atoms with van der Waals surface area (Å²) in [5.74, 6) is -2.01. The molecule has 0 bridgehead atoms. The van der Waals surface area contributed by atoms with E-state index in [1.165, 1.54) is 6.92 Å². The molecule has 0 aliphatic rings. The van der Waals surface area contributed by atoms with E-state index < -0.39 is 34.6 Å². The van der Waals surface area contributed by atoms with E-state index in [9.17, 15) is 24.5 Å². The zero-order valence-electron chi connectivity index (χ0n) is 17.7. The third-order valence-electron chi connectivity index (χ3n) is 4.37. The van der Waals surface area contributed by atoms with Gasteiger partial charge >= 0.3 is 11.9 Å². The molecule has 9 heteroatoms. The second kappa shape index (κ2) is 10.3. The Bertz CT molecular complexity index is 984. The highest BCUT2D eigenvalue weighted by Gasteiger charge is 2.23. The van der Waals surface area contributed by atoms with E-state index in [-0.39, 0.29) is 17.7 Å². The Balaban J connectivity index is 2.12. The number of non-ortho nitro benzene ring substituents is 1. The van der Waals surface area contributed by atoms with Gasteiger partial charge < -0.3 is 14.8 Å². The molecule has 0 saturated carbocycles. The maximum atomic E-state index is 12.5. The lowest BCUT2D eigenvalue weighted by Gasteiger charge is -2.14. The Hall–Kier alpha value is -3.75. The molecule has 1 atom stereocenters. The summed E-state index contributed by atoms with van der Waals surface area (Å²) in [5, 5.41) is 13.8. The first-order chi connectivity index (χ1) is 14.6. The van der Waals surface area contributed by atoms with Crippen LogP contribution in [0.1, 0.15) is 59.9 Å². The summed E-state index contributed by atoms with van der Waals surface area (Å²) in [7, 11) is 0. The van der Waals surface area contributed by atoms with Gasteiger partial charge in [0, 0.05) is 17.8 Å². The molecule has 1 amide bonds. The van der Waals surface area contributed by atoms with Crippen LogP contribution in [0, 0.1) is 10.1 Å². The van der Waals surface area contributed by atoms with Crippen molar-refractivity contribution in [1.82, 2.24) is 0 Å². The van der Waals surface area contributed by atoms with Gasteiger partial charge in [-0.05, 0) is 43.5 Å². The topological polar surface area (TPSA) is 125 Å². The quantitative estimate of drug-likeness (QED) is 0.381. The molecule has 0 fully saturated rings. The minimum Gasteiger partial charge on any atom is -0.462 e. The molecule has 0 spiro atoms. The van der Waals surface area contributed by atoms with Gasteiger partial charge in [-0.2, -0.15) is 0 Å². The van der Waals surface area contributed by atoms with Crippen LogP contribution >= 0.6 is 0 Å². The number of ether oxygens (including phenoxy) is 2. The molecule has 1 N–H and O–H groups in total. The normalized spacial score (nSPS) is 11.5. The zero-order chi connectivity index (χ0) is 23.1. The Kier molecular flexibility index (Phi) is 7.84. The predicted octanol–water partition coefficient (Wildman–Crippen LogP) is 4.08. The van der Waals surface area contributed by atoms with Gasteiger partial charge in [-0.15, -0.1) is 0 Å². The van der Waals surface area contributed by atoms with Crippen molar-refractivity contribution in [1.29, 1.82) is 0 Å². The molecular weight excluding hydrogens is 404 g/mol. The lowest BCUT2D eigenvalue weighted by molar-refractivity contribution is -0.384. The first-order valence-electron chi connectivity index (χ1n) is 9.70. The molecule has 31 heavy (non-hydrogen) atoms. The number of benzene rings is 2. The number of nitro benzene ring substituents is 1. The van der Waals surface area contributed by atoms with E-state index in [1.807, 2.05) is 12.1 Å². The number of carbonyl (C=O) groups excluding carboxylic acids is 3. The maximum absolute atomic E-state index is 12.5. The summed E-state index contributed by atoms with van der Waals surface area (Å²) in [6.45, 7) is 7.13. The SMILES string of the molecule is CCOC(=O)c1cc(C(=O)OC(C)C(=O)Nc2ccc(C(C)C)cc2)cc([N+](=O)[O-])c1. The van der Waals surface area contributed by atoms with Crippen molar-refractivity contribution in [2.75, 3.05) is 11.9 Å². The van der Waals surface area contributed by atoms with Crippen LogP contribution in [0.2, 0.25) is 0 Å². The first kappa shape index (κ1) is 23.5. The molecule has 2 aromatic rings. The number of anilines is 1. The zero-order valence-corrected chi connectivity index (χ0v) is 17.7. The van der Waals surface area contributed by atoms with Gasteiger partial charge in [0.1, 0.15) is 0 Å². The molecule has 0 radical (unpaired) electrons. The average molecular weight is 428 g/mol. The lowest BCUT2D eigenvalue weighted by Crippen LogP contribution is -2.30. The van der Waals surface area contributed by atoms with Gasteiger partial charge in [0.2, 0.25) is 0 Å². The van der Waals surface area contributed by atoms with Crippen molar-refractivity contribution >= 4 is 29.2 Å². The van der Waals surface area contributed by atoms with Crippen LogP contribution in [0.25, 0.3) is 0 Å². The molecule has 2 rings (SSSR count). The predicted molar refractivity (Wildman–Crippen MR) is 113 cm³/mol. The maximum Gasteiger partial charge on any atom is 0.339 e. The Morgan fingerprint density at radius 3 is 2.10 bits per heavy atom. The molecule has 0 aliphatic carbocycles. The highest BCUT2D eigenvalue weighted by molar-refractivity contribution is 5.99. The van der Waals surface area contributed by atoms with Gasteiger partial charge in [0.25, 0.3) is 11.6 Å². The minimum atomic E-state index is -1.18. The summed E-state index contributed by atoms with van der Waals surface area (Å²) in [6.07, 6.45) is -1.18. The smallest absolute Gasteiger partial charge is 0.339 e. The number of nitrogens with one attached hydrogen (secondary N) is 1. The molecule has 9 nitrogen and oxygen atoms in total. The fourth-order valence-corrected chi connectivity index (χ4v) is 2.64. The van der Waals surface area contributed by atoms with Crippen LogP contribution in [0.15, 0.2) is 42.5 Å². The molecule has 2 aromatic carbocycles. The van der Waals surface area contributed by atoms with E-state index in [0.29, 0.717) is 11.6 Å². The Morgan fingerprint density at radius 1 is 1.00 bits per heavy atom. The Morgan fingerprint density at radius 2 is 1.58 bits per heavy atom. The van der Waals surface area contributed by atoms with Crippen LogP contribution in [0.3, 0.4) is 0 Å². The van der Waals surface area contributed by atoms with Crippen LogP contribution in [0.5, 0.6) is 0 Å². The van der Waals surface area contributed by atoms with E-state index >= 15 is 0 Å². The fraction of sp³-hybridized carbons (Fsp3) is 0.318. The number of hydrogen-bond donors (Lipinski definition) is 1. The Labute approximate surface area is 179 Å². The van der Waals surface area contributed by atoms with E-state index in [4.69, 9.17) is 9.47 Å². The highest BCUT2D eigenvalue weighted by Crippen LogP contribution is 2.20. The van der Waals surface area contributed by atoms with E-state index in [0.717, 1.165) is 23.8 Å². The highest BCUT2D eigenvalue weighted by atomic mass is 16.6. The summed E-state index contributed by atoms with van der Waals surface area (Å²) in [5.41, 5.74) is 0.779. The second-order valence-electron chi connectivity index (χ2n) is 7.06. The summed E-state index contributed by atoms with van der Waals surface area (Å²) in [4.78, 5) is 47.2. The van der Waals surface area contributed by atoms with Crippen molar-refractivity contribution in [2.45, 2.75) is 39.7 Å². The van der Waals surface area contributed by atoms with Crippen molar-refractivity contribution in [3.8, 4) is 0 Å². The van der Waals surface area contributed by atoms with E-state index in [1.54, 1.807) is 19.1 Å². The van der Waals surface area contributed by atoms with Crippen LogP contribution in [-0.4, -0.2) is 35.5 Å². The van der Waals surface area contributed by atoms with Crippen molar-refractivity contribution < 1.29 is 28.8 Å². The van der Waals surface area contributed by atoms with Crippen LogP contribution < -0.4 is 5.32 Å². The van der Waals surface area contributed by atoms with Crippen molar-refractivity contribution in [2.24, 2.45) is 0 Å². The van der Waals surface area contributed by atoms with Crippen LogP contribution in [0.4, 0.5) is 11.4 Å². The lowest BCUT2D eigenvalue weighted by atomic mass is 10.0. The fourth-order valence-electron chi connectivity index (χ4n) is 2.64. The summed E-state index contributed by atoms with van der Waals surface area (Å²) >= 11 is 0. The van der Waals surface area contributed by atoms with Gasteiger partial charge in [-0.25, -0.2) is 9.59 Å². The molecule has 0 aromatic heterocycles. The first-order valence-corrected chi connectivity index (χ1v) is 9.70. The number of amides is 1. The van der Waals surface area contributed by atoms with Crippen molar-refractivity contribution in [3.63, 3.8) is 0 Å². The molecule has 1 unspecified atom stereocenters. The van der Waals surface area contributed by atoms with Gasteiger partial charge in [-0.1, -0.05) is 26.0 Å². The molecule has 0 heterocycles. The molecule has 0 saturated heterocycles. The number of rotatable bonds is 8. The average Bonchev–Trinajstić information content (AvgIpc) is 2.73. The van der Waals surface area contributed by atoms with Crippen molar-refractivity contribution in [3.05, 3.63) is 69.3 Å². The summed E-state index contributed by atoms with van der Waals surface area (Å²) in [6, 6.07) is 10.4. The second-order valence-corrected chi connectivity index (χ2v) is 7.06. The number of hydrogen-bond acceptors (Lipinski definition) is 7. The van der Waals surface area contributed by atoms with E-state index in [2.05, 4.69) is 19.2 Å². The molecule has 164 valence electrons. The monoisotopic (exact) mass is 428 g/mol. The standard InChI is InChI=1S/C22H24N2O7/c1-5-30-21(26)16-10-17(12-19(11-16)24(28)29)22(27)31-14(4)20(25)23-18-8-6-15(7-9-18)13(2)3/h6-14H,5H2,1-4H3,(H,23,25). The van der Waals surface area contributed by atoms with Crippen LogP contribution in [-0.2, 0) is 14.3 Å². The largest absolute Gasteiger partial charge is 0.462 e. The molecule has 0 aliphatic heterocycles. The third kappa shape index (κ3) is 6.36.